The Labute approximate surface area is 154 Å². The highest BCUT2D eigenvalue weighted by Gasteiger charge is 2.14. The summed E-state index contributed by atoms with van der Waals surface area (Å²) >= 11 is 11.9. The average molecular weight is 371 g/mol. The van der Waals surface area contributed by atoms with Crippen LogP contribution in [0, 0.1) is 0 Å². The number of carbonyl (C=O) groups excluding carboxylic acids is 1. The van der Waals surface area contributed by atoms with Crippen LogP contribution in [0.3, 0.4) is 0 Å². The summed E-state index contributed by atoms with van der Waals surface area (Å²) in [7, 11) is 0. The van der Waals surface area contributed by atoms with Gasteiger partial charge in [-0.3, -0.25) is 4.98 Å². The van der Waals surface area contributed by atoms with Crippen LogP contribution in [-0.2, 0) is 4.84 Å². The first-order valence-electron chi connectivity index (χ1n) is 7.35. The van der Waals surface area contributed by atoms with Crippen molar-refractivity contribution in [3.05, 3.63) is 99.8 Å². The second kappa shape index (κ2) is 7.92. The highest BCUT2D eigenvalue weighted by molar-refractivity contribution is 6.36. The molecule has 2 aromatic carbocycles. The van der Waals surface area contributed by atoms with Crippen molar-refractivity contribution in [3.8, 4) is 0 Å². The molecule has 0 unspecified atom stereocenters. The Morgan fingerprint density at radius 1 is 0.920 bits per heavy atom. The van der Waals surface area contributed by atoms with E-state index >= 15 is 0 Å². The van der Waals surface area contributed by atoms with E-state index in [-0.39, 0.29) is 10.6 Å². The summed E-state index contributed by atoms with van der Waals surface area (Å²) < 4.78 is 0. The number of hydrogen-bond acceptors (Lipinski definition) is 4. The Morgan fingerprint density at radius 2 is 1.60 bits per heavy atom. The third-order valence-corrected chi connectivity index (χ3v) is 3.92. The molecule has 0 bridgehead atoms. The minimum atomic E-state index is -0.663. The van der Waals surface area contributed by atoms with E-state index in [2.05, 4.69) is 10.1 Å². The van der Waals surface area contributed by atoms with Crippen LogP contribution >= 0.6 is 23.2 Å². The van der Waals surface area contributed by atoms with Gasteiger partial charge < -0.3 is 4.84 Å². The van der Waals surface area contributed by atoms with E-state index in [1.54, 1.807) is 30.6 Å². The number of hydrogen-bond donors (Lipinski definition) is 0. The van der Waals surface area contributed by atoms with Crippen molar-refractivity contribution in [2.45, 2.75) is 0 Å². The Kier molecular flexibility index (Phi) is 5.43. The number of benzene rings is 2. The number of nitrogens with zero attached hydrogens (tertiary/aromatic N) is 2. The van der Waals surface area contributed by atoms with Crippen molar-refractivity contribution in [2.24, 2.45) is 5.16 Å². The fraction of sp³-hybridized carbons (Fsp3) is 0. The molecule has 1 aromatic heterocycles. The SMILES string of the molecule is O=C(O/N=C(/c1ccccc1)c1ccncc1)c1ccc(Cl)cc1Cl. The van der Waals surface area contributed by atoms with Crippen LogP contribution < -0.4 is 0 Å². The van der Waals surface area contributed by atoms with Gasteiger partial charge in [-0.25, -0.2) is 4.79 Å². The summed E-state index contributed by atoms with van der Waals surface area (Å²) in [5.41, 5.74) is 2.29. The molecule has 0 aliphatic rings. The second-order valence-electron chi connectivity index (χ2n) is 5.04. The molecule has 124 valence electrons. The number of aromatic nitrogens is 1. The van der Waals surface area contributed by atoms with E-state index in [4.69, 9.17) is 28.0 Å². The van der Waals surface area contributed by atoms with Crippen LogP contribution in [0.5, 0.6) is 0 Å². The van der Waals surface area contributed by atoms with Crippen molar-refractivity contribution in [3.63, 3.8) is 0 Å². The van der Waals surface area contributed by atoms with Gasteiger partial charge in [0.2, 0.25) is 0 Å². The van der Waals surface area contributed by atoms with Crippen LogP contribution in [0.15, 0.2) is 78.2 Å². The standard InChI is InChI=1S/C19H12Cl2N2O2/c20-15-6-7-16(17(21)12-15)19(24)25-23-18(13-4-2-1-3-5-13)14-8-10-22-11-9-14/h1-12H/b23-18-. The lowest BCUT2D eigenvalue weighted by atomic mass is 10.0. The number of rotatable bonds is 4. The van der Waals surface area contributed by atoms with Crippen LogP contribution in [0.25, 0.3) is 0 Å². The molecule has 0 fully saturated rings. The minimum absolute atomic E-state index is 0.192. The number of oxime groups is 1. The summed E-state index contributed by atoms with van der Waals surface area (Å²) in [6.07, 6.45) is 3.29. The van der Waals surface area contributed by atoms with Gasteiger partial charge in [0.1, 0.15) is 5.71 Å². The monoisotopic (exact) mass is 370 g/mol. The summed E-state index contributed by atoms with van der Waals surface area (Å²) in [5.74, 6) is -0.663. The molecule has 3 aromatic rings. The van der Waals surface area contributed by atoms with E-state index in [1.807, 2.05) is 30.3 Å². The molecule has 1 heterocycles. The summed E-state index contributed by atoms with van der Waals surface area (Å²) in [4.78, 5) is 21.4. The molecule has 0 saturated heterocycles. The van der Waals surface area contributed by atoms with Crippen LogP contribution in [0.4, 0.5) is 0 Å². The third-order valence-electron chi connectivity index (χ3n) is 3.37. The minimum Gasteiger partial charge on any atom is -0.312 e. The Hall–Kier alpha value is -2.69. The van der Waals surface area contributed by atoms with Gasteiger partial charge in [-0.05, 0) is 30.3 Å². The van der Waals surface area contributed by atoms with Crippen molar-refractivity contribution < 1.29 is 9.63 Å². The van der Waals surface area contributed by atoms with Crippen LogP contribution in [0.1, 0.15) is 21.5 Å². The highest BCUT2D eigenvalue weighted by Crippen LogP contribution is 2.22. The van der Waals surface area contributed by atoms with E-state index in [0.717, 1.165) is 11.1 Å². The van der Waals surface area contributed by atoms with Gasteiger partial charge in [0, 0.05) is 28.5 Å². The molecule has 3 rings (SSSR count). The topological polar surface area (TPSA) is 51.5 Å². The fourth-order valence-electron chi connectivity index (χ4n) is 2.17. The molecule has 0 spiro atoms. The first kappa shape index (κ1) is 17.1. The van der Waals surface area contributed by atoms with E-state index < -0.39 is 5.97 Å². The average Bonchev–Trinajstić information content (AvgIpc) is 2.63. The maximum Gasteiger partial charge on any atom is 0.367 e. The van der Waals surface area contributed by atoms with Crippen LogP contribution in [0.2, 0.25) is 10.0 Å². The molecule has 6 heteroatoms. The number of pyridine rings is 1. The largest absolute Gasteiger partial charge is 0.367 e. The molecule has 0 saturated carbocycles. The normalized spacial score (nSPS) is 11.2. The molecule has 0 aliphatic carbocycles. The third kappa shape index (κ3) is 4.24. The molecule has 0 radical (unpaired) electrons. The summed E-state index contributed by atoms with van der Waals surface area (Å²) in [6, 6.07) is 17.5. The van der Waals surface area contributed by atoms with Crippen molar-refractivity contribution in [1.82, 2.24) is 4.98 Å². The molecule has 25 heavy (non-hydrogen) atoms. The molecule has 0 atom stereocenters. The Balaban J connectivity index is 1.93. The summed E-state index contributed by atoms with van der Waals surface area (Å²) in [6.45, 7) is 0. The number of carbonyl (C=O) groups is 1. The lowest BCUT2D eigenvalue weighted by molar-refractivity contribution is 0.0517. The van der Waals surface area contributed by atoms with Gasteiger partial charge in [0.05, 0.1) is 10.6 Å². The molecular formula is C19H12Cl2N2O2. The van der Waals surface area contributed by atoms with Crippen molar-refractivity contribution in [1.29, 1.82) is 0 Å². The molecule has 4 nitrogen and oxygen atoms in total. The van der Waals surface area contributed by atoms with Crippen molar-refractivity contribution >= 4 is 34.9 Å². The molecule has 0 amide bonds. The predicted molar refractivity (Wildman–Crippen MR) is 98.2 cm³/mol. The zero-order valence-electron chi connectivity index (χ0n) is 12.9. The zero-order valence-corrected chi connectivity index (χ0v) is 14.4. The molecule has 0 N–H and O–H groups in total. The Bertz CT molecular complexity index is 872. The lowest BCUT2D eigenvalue weighted by Gasteiger charge is -2.07. The summed E-state index contributed by atoms with van der Waals surface area (Å²) in [5, 5.41) is 4.69. The van der Waals surface area contributed by atoms with E-state index in [9.17, 15) is 4.79 Å². The first-order chi connectivity index (χ1) is 12.1. The highest BCUT2D eigenvalue weighted by atomic mass is 35.5. The lowest BCUT2D eigenvalue weighted by Crippen LogP contribution is -2.08. The fourth-order valence-corrected chi connectivity index (χ4v) is 2.65. The number of halogens is 2. The predicted octanol–water partition coefficient (Wildman–Crippen LogP) is 5.00. The van der Waals surface area contributed by atoms with E-state index in [1.165, 1.54) is 12.1 Å². The van der Waals surface area contributed by atoms with Gasteiger partial charge in [0.25, 0.3) is 0 Å². The Morgan fingerprint density at radius 3 is 2.28 bits per heavy atom. The quantitative estimate of drug-likeness (QED) is 0.369. The first-order valence-corrected chi connectivity index (χ1v) is 8.11. The van der Waals surface area contributed by atoms with Gasteiger partial charge in [-0.1, -0.05) is 58.7 Å². The maximum absolute atomic E-state index is 12.3. The van der Waals surface area contributed by atoms with Gasteiger partial charge in [-0.2, -0.15) is 0 Å². The smallest absolute Gasteiger partial charge is 0.312 e. The van der Waals surface area contributed by atoms with Gasteiger partial charge >= 0.3 is 5.97 Å². The van der Waals surface area contributed by atoms with Gasteiger partial charge in [0.15, 0.2) is 0 Å². The second-order valence-corrected chi connectivity index (χ2v) is 5.89. The molecule has 0 aliphatic heterocycles. The zero-order chi connectivity index (χ0) is 17.6. The van der Waals surface area contributed by atoms with Crippen molar-refractivity contribution in [2.75, 3.05) is 0 Å². The van der Waals surface area contributed by atoms with E-state index in [0.29, 0.717) is 10.7 Å². The molecular weight excluding hydrogens is 359 g/mol. The van der Waals surface area contributed by atoms with Gasteiger partial charge in [-0.15, -0.1) is 0 Å². The van der Waals surface area contributed by atoms with Crippen LogP contribution in [-0.4, -0.2) is 16.7 Å². The maximum atomic E-state index is 12.3.